The fraction of sp³-hybridized carbons (Fsp3) is 0.750. The highest BCUT2D eigenvalue weighted by atomic mass is 32.1. The molecule has 1 aromatic heterocycles. The van der Waals surface area contributed by atoms with Gasteiger partial charge in [-0.25, -0.2) is 4.98 Å². The summed E-state index contributed by atoms with van der Waals surface area (Å²) in [4.78, 5) is 4.59. The van der Waals surface area contributed by atoms with Crippen LogP contribution in [0.15, 0.2) is 5.38 Å². The number of hydrogen-bond acceptors (Lipinski definition) is 4. The first-order valence-electron chi connectivity index (χ1n) is 5.55. The first-order chi connectivity index (χ1) is 7.24. The quantitative estimate of drug-likeness (QED) is 0.851. The average molecular weight is 242 g/mol. The lowest BCUT2D eigenvalue weighted by atomic mass is 9.98. The first-order valence-corrected chi connectivity index (χ1v) is 6.43. The van der Waals surface area contributed by atoms with Crippen molar-refractivity contribution in [1.29, 1.82) is 0 Å². The molecular weight excluding hydrogens is 220 g/mol. The summed E-state index contributed by atoms with van der Waals surface area (Å²) in [5.41, 5.74) is 0.928. The Kier molecular flexibility index (Phi) is 4.10. The zero-order valence-electron chi connectivity index (χ0n) is 10.8. The van der Waals surface area contributed by atoms with Crippen molar-refractivity contribution in [2.75, 3.05) is 6.61 Å². The molecule has 1 heterocycles. The van der Waals surface area contributed by atoms with Crippen molar-refractivity contribution in [2.45, 2.75) is 52.1 Å². The minimum absolute atomic E-state index is 0.120. The zero-order valence-corrected chi connectivity index (χ0v) is 11.6. The van der Waals surface area contributed by atoms with Gasteiger partial charge in [0.25, 0.3) is 0 Å². The predicted molar refractivity (Wildman–Crippen MR) is 68.8 cm³/mol. The second-order valence-electron chi connectivity index (χ2n) is 5.79. The largest absolute Gasteiger partial charge is 0.394 e. The lowest BCUT2D eigenvalue weighted by molar-refractivity contribution is 0.187. The number of nitrogens with zero attached hydrogens (tertiary/aromatic N) is 1. The second kappa shape index (κ2) is 4.82. The Morgan fingerprint density at radius 2 is 1.94 bits per heavy atom. The summed E-state index contributed by atoms with van der Waals surface area (Å²) in [5.74, 6) is 0. The van der Waals surface area contributed by atoms with Crippen molar-refractivity contribution in [1.82, 2.24) is 10.3 Å². The van der Waals surface area contributed by atoms with E-state index in [1.807, 2.05) is 13.8 Å². The lowest BCUT2D eigenvalue weighted by Crippen LogP contribution is -2.42. The van der Waals surface area contributed by atoms with E-state index in [-0.39, 0.29) is 17.6 Å². The van der Waals surface area contributed by atoms with E-state index >= 15 is 0 Å². The van der Waals surface area contributed by atoms with Gasteiger partial charge in [0.15, 0.2) is 0 Å². The topological polar surface area (TPSA) is 45.1 Å². The maximum atomic E-state index is 9.13. The van der Waals surface area contributed by atoms with Crippen LogP contribution in [0.2, 0.25) is 0 Å². The molecule has 1 rings (SSSR count). The SMILES string of the molecule is CC(C)(CO)NCc1csc(C(C)(C)C)n1. The maximum Gasteiger partial charge on any atom is 0.0982 e. The number of thiazole rings is 1. The van der Waals surface area contributed by atoms with Crippen molar-refractivity contribution < 1.29 is 5.11 Å². The van der Waals surface area contributed by atoms with Crippen LogP contribution in [0.3, 0.4) is 0 Å². The Hall–Kier alpha value is -0.450. The van der Waals surface area contributed by atoms with Crippen LogP contribution in [0.1, 0.15) is 45.3 Å². The number of aliphatic hydroxyl groups excluding tert-OH is 1. The maximum absolute atomic E-state index is 9.13. The van der Waals surface area contributed by atoms with E-state index in [1.165, 1.54) is 0 Å². The summed E-state index contributed by atoms with van der Waals surface area (Å²) < 4.78 is 0. The molecule has 1 aromatic rings. The van der Waals surface area contributed by atoms with Gasteiger partial charge in [-0.05, 0) is 13.8 Å². The predicted octanol–water partition coefficient (Wildman–Crippen LogP) is 2.30. The molecule has 0 bridgehead atoms. The number of rotatable bonds is 4. The van der Waals surface area contributed by atoms with Gasteiger partial charge in [0.05, 0.1) is 17.3 Å². The van der Waals surface area contributed by atoms with Crippen LogP contribution in [0, 0.1) is 0 Å². The third-order valence-corrected chi connectivity index (χ3v) is 3.65. The third-order valence-electron chi connectivity index (χ3n) is 2.34. The van der Waals surface area contributed by atoms with Crippen LogP contribution in [0.25, 0.3) is 0 Å². The van der Waals surface area contributed by atoms with Crippen LogP contribution in [0.5, 0.6) is 0 Å². The minimum atomic E-state index is -0.245. The zero-order chi connectivity index (χ0) is 12.4. The number of aromatic nitrogens is 1. The third kappa shape index (κ3) is 3.85. The summed E-state index contributed by atoms with van der Waals surface area (Å²) in [6, 6.07) is 0. The fourth-order valence-electron chi connectivity index (χ4n) is 1.12. The highest BCUT2D eigenvalue weighted by Gasteiger charge is 2.19. The Balaban J connectivity index is 2.60. The van der Waals surface area contributed by atoms with E-state index in [1.54, 1.807) is 11.3 Å². The number of nitrogens with one attached hydrogen (secondary N) is 1. The van der Waals surface area contributed by atoms with E-state index in [9.17, 15) is 0 Å². The van der Waals surface area contributed by atoms with Crippen molar-refractivity contribution in [3.8, 4) is 0 Å². The van der Waals surface area contributed by atoms with Crippen LogP contribution in [-0.2, 0) is 12.0 Å². The Bertz CT molecular complexity index is 339. The number of hydrogen-bond donors (Lipinski definition) is 2. The molecule has 0 spiro atoms. The van der Waals surface area contributed by atoms with Crippen molar-refractivity contribution in [3.63, 3.8) is 0 Å². The molecule has 0 atom stereocenters. The summed E-state index contributed by atoms with van der Waals surface area (Å²) in [7, 11) is 0. The van der Waals surface area contributed by atoms with Gasteiger partial charge >= 0.3 is 0 Å². The molecule has 92 valence electrons. The van der Waals surface area contributed by atoms with Gasteiger partial charge in [0.2, 0.25) is 0 Å². The van der Waals surface area contributed by atoms with Gasteiger partial charge in [-0.3, -0.25) is 0 Å². The van der Waals surface area contributed by atoms with Crippen LogP contribution < -0.4 is 5.32 Å². The average Bonchev–Trinajstić information content (AvgIpc) is 2.63. The van der Waals surface area contributed by atoms with E-state index < -0.39 is 0 Å². The van der Waals surface area contributed by atoms with E-state index in [4.69, 9.17) is 5.11 Å². The molecule has 0 radical (unpaired) electrons. The Morgan fingerprint density at radius 3 is 2.38 bits per heavy atom. The molecule has 0 aromatic carbocycles. The van der Waals surface area contributed by atoms with Crippen LogP contribution in [-0.4, -0.2) is 22.2 Å². The Morgan fingerprint density at radius 1 is 1.31 bits per heavy atom. The van der Waals surface area contributed by atoms with Gasteiger partial charge in [-0.2, -0.15) is 0 Å². The van der Waals surface area contributed by atoms with Crippen molar-refractivity contribution in [3.05, 3.63) is 16.1 Å². The monoisotopic (exact) mass is 242 g/mol. The molecule has 0 aliphatic heterocycles. The smallest absolute Gasteiger partial charge is 0.0982 e. The molecule has 16 heavy (non-hydrogen) atoms. The normalized spacial score (nSPS) is 13.1. The molecule has 0 amide bonds. The first kappa shape index (κ1) is 13.6. The van der Waals surface area contributed by atoms with E-state index in [0.717, 1.165) is 10.7 Å². The highest BCUT2D eigenvalue weighted by molar-refractivity contribution is 7.09. The summed E-state index contributed by atoms with van der Waals surface area (Å²) in [5, 5.41) is 15.7. The Labute approximate surface area is 102 Å². The molecule has 2 N–H and O–H groups in total. The summed E-state index contributed by atoms with van der Waals surface area (Å²) >= 11 is 1.70. The van der Waals surface area contributed by atoms with E-state index in [0.29, 0.717) is 6.54 Å². The number of aliphatic hydroxyl groups is 1. The fourth-order valence-corrected chi connectivity index (χ4v) is 2.03. The van der Waals surface area contributed by atoms with Gasteiger partial charge in [-0.15, -0.1) is 11.3 Å². The molecule has 0 saturated heterocycles. The van der Waals surface area contributed by atoms with Gasteiger partial charge in [0, 0.05) is 22.9 Å². The van der Waals surface area contributed by atoms with Crippen LogP contribution in [0.4, 0.5) is 0 Å². The molecule has 3 nitrogen and oxygen atoms in total. The standard InChI is InChI=1S/C12H22N2OS/c1-11(2,3)10-14-9(7-16-10)6-13-12(4,5)8-15/h7,13,15H,6,8H2,1-5H3. The summed E-state index contributed by atoms with van der Waals surface area (Å²) in [6.45, 7) is 11.3. The second-order valence-corrected chi connectivity index (χ2v) is 6.65. The van der Waals surface area contributed by atoms with Gasteiger partial charge in [0.1, 0.15) is 0 Å². The van der Waals surface area contributed by atoms with E-state index in [2.05, 4.69) is 36.5 Å². The molecule has 0 aliphatic carbocycles. The molecular formula is C12H22N2OS. The minimum Gasteiger partial charge on any atom is -0.394 e. The molecule has 0 aliphatic rings. The summed E-state index contributed by atoms with van der Waals surface area (Å²) in [6.07, 6.45) is 0. The molecule has 4 heteroatoms. The van der Waals surface area contributed by atoms with Crippen molar-refractivity contribution >= 4 is 11.3 Å². The van der Waals surface area contributed by atoms with Gasteiger partial charge < -0.3 is 10.4 Å². The molecule has 0 unspecified atom stereocenters. The highest BCUT2D eigenvalue weighted by Crippen LogP contribution is 2.25. The lowest BCUT2D eigenvalue weighted by Gasteiger charge is -2.22. The molecule has 0 fully saturated rings. The van der Waals surface area contributed by atoms with Gasteiger partial charge in [-0.1, -0.05) is 20.8 Å². The van der Waals surface area contributed by atoms with Crippen molar-refractivity contribution in [2.24, 2.45) is 0 Å². The molecule has 0 saturated carbocycles. The van der Waals surface area contributed by atoms with Crippen LogP contribution >= 0.6 is 11.3 Å².